The second-order valence-corrected chi connectivity index (χ2v) is 4.75. The Hall–Kier alpha value is -0.730. The average molecular weight is 240 g/mol. The van der Waals surface area contributed by atoms with E-state index in [9.17, 15) is 0 Å². The summed E-state index contributed by atoms with van der Waals surface area (Å²) in [6, 6.07) is 6.49. The van der Waals surface area contributed by atoms with Crippen LogP contribution in [0.2, 0.25) is 5.02 Å². The lowest BCUT2D eigenvalue weighted by Gasteiger charge is -2.14. The lowest BCUT2D eigenvalue weighted by atomic mass is 10.1. The van der Waals surface area contributed by atoms with Gasteiger partial charge in [-0.3, -0.25) is 0 Å². The number of methoxy groups -OCH3 is 1. The van der Waals surface area contributed by atoms with E-state index in [1.54, 1.807) is 7.11 Å². The van der Waals surface area contributed by atoms with Crippen molar-refractivity contribution in [1.29, 1.82) is 0 Å². The fourth-order valence-corrected chi connectivity index (χ4v) is 2.41. The lowest BCUT2D eigenvalue weighted by molar-refractivity contribution is 0.405. The van der Waals surface area contributed by atoms with Gasteiger partial charge in [-0.25, -0.2) is 0 Å². The molecule has 2 nitrogen and oxygen atoms in total. The molecule has 16 heavy (non-hydrogen) atoms. The van der Waals surface area contributed by atoms with Crippen LogP contribution in [0.3, 0.4) is 0 Å². The number of ether oxygens (including phenoxy) is 1. The van der Waals surface area contributed by atoms with Crippen LogP contribution < -0.4 is 10.1 Å². The Morgan fingerprint density at radius 1 is 1.38 bits per heavy atom. The van der Waals surface area contributed by atoms with E-state index in [2.05, 4.69) is 5.32 Å². The molecule has 1 fully saturated rings. The summed E-state index contributed by atoms with van der Waals surface area (Å²) in [6.07, 6.45) is 5.32. The summed E-state index contributed by atoms with van der Waals surface area (Å²) in [5.74, 6) is 0.873. The zero-order valence-electron chi connectivity index (χ0n) is 9.63. The molecule has 0 radical (unpaired) electrons. The third kappa shape index (κ3) is 2.89. The Morgan fingerprint density at radius 3 is 2.81 bits per heavy atom. The van der Waals surface area contributed by atoms with Gasteiger partial charge in [0.2, 0.25) is 0 Å². The number of rotatable bonds is 4. The highest BCUT2D eigenvalue weighted by Gasteiger charge is 2.14. The first-order chi connectivity index (χ1) is 7.79. The maximum atomic E-state index is 5.92. The van der Waals surface area contributed by atoms with E-state index in [0.29, 0.717) is 6.04 Å². The van der Waals surface area contributed by atoms with Crippen molar-refractivity contribution in [2.24, 2.45) is 0 Å². The average Bonchev–Trinajstić information content (AvgIpc) is 2.80. The minimum absolute atomic E-state index is 0.681. The van der Waals surface area contributed by atoms with Crippen LogP contribution in [0.15, 0.2) is 18.2 Å². The summed E-state index contributed by atoms with van der Waals surface area (Å²) >= 11 is 5.92. The van der Waals surface area contributed by atoms with Gasteiger partial charge in [0, 0.05) is 23.2 Å². The highest BCUT2D eigenvalue weighted by Crippen LogP contribution is 2.24. The van der Waals surface area contributed by atoms with Crippen molar-refractivity contribution in [3.05, 3.63) is 28.8 Å². The molecule has 0 aromatic heterocycles. The van der Waals surface area contributed by atoms with Crippen molar-refractivity contribution in [2.45, 2.75) is 38.3 Å². The first-order valence-electron chi connectivity index (χ1n) is 5.85. The molecular formula is C13H18ClNO. The SMILES string of the molecule is COc1cc(Cl)ccc1CNC1CCCC1. The number of benzene rings is 1. The smallest absolute Gasteiger partial charge is 0.124 e. The van der Waals surface area contributed by atoms with Crippen LogP contribution in [0.4, 0.5) is 0 Å². The van der Waals surface area contributed by atoms with E-state index in [-0.39, 0.29) is 0 Å². The van der Waals surface area contributed by atoms with Crippen LogP contribution in [0.1, 0.15) is 31.2 Å². The van der Waals surface area contributed by atoms with Crippen LogP contribution in [0, 0.1) is 0 Å². The fourth-order valence-electron chi connectivity index (χ4n) is 2.25. The molecule has 2 rings (SSSR count). The standard InChI is InChI=1S/C13H18ClNO/c1-16-13-8-11(14)7-6-10(13)9-15-12-4-2-3-5-12/h6-8,12,15H,2-5,9H2,1H3. The van der Waals surface area contributed by atoms with E-state index < -0.39 is 0 Å². The lowest BCUT2D eigenvalue weighted by Crippen LogP contribution is -2.25. The Labute approximate surface area is 102 Å². The van der Waals surface area contributed by atoms with Crippen LogP contribution >= 0.6 is 11.6 Å². The van der Waals surface area contributed by atoms with Gasteiger partial charge in [-0.2, -0.15) is 0 Å². The van der Waals surface area contributed by atoms with Crippen LogP contribution in [-0.4, -0.2) is 13.2 Å². The molecule has 1 aliphatic carbocycles. The highest BCUT2D eigenvalue weighted by atomic mass is 35.5. The second kappa shape index (κ2) is 5.55. The number of nitrogens with one attached hydrogen (secondary N) is 1. The third-order valence-corrected chi connectivity index (χ3v) is 3.42. The molecule has 1 saturated carbocycles. The molecule has 0 atom stereocenters. The number of hydrogen-bond donors (Lipinski definition) is 1. The molecule has 3 heteroatoms. The molecule has 0 spiro atoms. The van der Waals surface area contributed by atoms with Gasteiger partial charge in [0.05, 0.1) is 7.11 Å². The molecule has 88 valence electrons. The number of halogens is 1. The molecule has 0 unspecified atom stereocenters. The van der Waals surface area contributed by atoms with Gasteiger partial charge in [-0.05, 0) is 25.0 Å². The van der Waals surface area contributed by atoms with Crippen molar-refractivity contribution in [3.63, 3.8) is 0 Å². The second-order valence-electron chi connectivity index (χ2n) is 4.32. The van der Waals surface area contributed by atoms with Gasteiger partial charge in [0.25, 0.3) is 0 Å². The molecule has 0 saturated heterocycles. The summed E-state index contributed by atoms with van der Waals surface area (Å²) < 4.78 is 5.32. The van der Waals surface area contributed by atoms with Crippen molar-refractivity contribution in [1.82, 2.24) is 5.32 Å². The molecule has 0 aliphatic heterocycles. The summed E-state index contributed by atoms with van der Waals surface area (Å²) in [7, 11) is 1.69. The summed E-state index contributed by atoms with van der Waals surface area (Å²) in [4.78, 5) is 0. The topological polar surface area (TPSA) is 21.3 Å². The molecule has 0 heterocycles. The largest absolute Gasteiger partial charge is 0.496 e. The van der Waals surface area contributed by atoms with Crippen molar-refractivity contribution in [2.75, 3.05) is 7.11 Å². The predicted octanol–water partition coefficient (Wildman–Crippen LogP) is 3.38. The molecule has 0 bridgehead atoms. The van der Waals surface area contributed by atoms with E-state index in [0.717, 1.165) is 17.3 Å². The van der Waals surface area contributed by atoms with Gasteiger partial charge >= 0.3 is 0 Å². The van der Waals surface area contributed by atoms with Gasteiger partial charge in [0.15, 0.2) is 0 Å². The van der Waals surface area contributed by atoms with E-state index in [1.165, 1.54) is 31.2 Å². The molecule has 1 aliphatic rings. The Morgan fingerprint density at radius 2 is 2.12 bits per heavy atom. The Kier molecular flexibility index (Phi) is 4.08. The molecular weight excluding hydrogens is 222 g/mol. The zero-order valence-corrected chi connectivity index (χ0v) is 10.4. The van der Waals surface area contributed by atoms with Crippen molar-refractivity contribution in [3.8, 4) is 5.75 Å². The molecule has 1 aromatic rings. The first-order valence-corrected chi connectivity index (χ1v) is 6.23. The molecule has 1 aromatic carbocycles. The van der Waals surface area contributed by atoms with Crippen molar-refractivity contribution >= 4 is 11.6 Å². The van der Waals surface area contributed by atoms with Gasteiger partial charge < -0.3 is 10.1 Å². The van der Waals surface area contributed by atoms with E-state index in [1.807, 2.05) is 18.2 Å². The van der Waals surface area contributed by atoms with Crippen LogP contribution in [0.25, 0.3) is 0 Å². The first kappa shape index (κ1) is 11.7. The monoisotopic (exact) mass is 239 g/mol. The summed E-state index contributed by atoms with van der Waals surface area (Å²) in [6.45, 7) is 0.866. The maximum Gasteiger partial charge on any atom is 0.124 e. The van der Waals surface area contributed by atoms with E-state index in [4.69, 9.17) is 16.3 Å². The molecule has 1 N–H and O–H groups in total. The van der Waals surface area contributed by atoms with Crippen LogP contribution in [-0.2, 0) is 6.54 Å². The zero-order chi connectivity index (χ0) is 11.4. The molecule has 0 amide bonds. The predicted molar refractivity (Wildman–Crippen MR) is 67.1 cm³/mol. The van der Waals surface area contributed by atoms with E-state index >= 15 is 0 Å². The fraction of sp³-hybridized carbons (Fsp3) is 0.538. The third-order valence-electron chi connectivity index (χ3n) is 3.19. The van der Waals surface area contributed by atoms with Crippen molar-refractivity contribution < 1.29 is 4.74 Å². The van der Waals surface area contributed by atoms with Gasteiger partial charge in [-0.1, -0.05) is 30.5 Å². The minimum atomic E-state index is 0.681. The van der Waals surface area contributed by atoms with Gasteiger partial charge in [0.1, 0.15) is 5.75 Å². The maximum absolute atomic E-state index is 5.92. The number of hydrogen-bond acceptors (Lipinski definition) is 2. The van der Waals surface area contributed by atoms with Gasteiger partial charge in [-0.15, -0.1) is 0 Å². The van der Waals surface area contributed by atoms with Crippen LogP contribution in [0.5, 0.6) is 5.75 Å². The quantitative estimate of drug-likeness (QED) is 0.870. The summed E-state index contributed by atoms with van der Waals surface area (Å²) in [5.41, 5.74) is 1.18. The Bertz CT molecular complexity index is 348. The summed E-state index contributed by atoms with van der Waals surface area (Å²) in [5, 5.41) is 4.29. The minimum Gasteiger partial charge on any atom is -0.496 e. The highest BCUT2D eigenvalue weighted by molar-refractivity contribution is 6.30. The normalized spacial score (nSPS) is 16.6. The Balaban J connectivity index is 1.97.